The molecule has 1 N–H and O–H groups in total. The zero-order valence-corrected chi connectivity index (χ0v) is 12.4. The Kier molecular flexibility index (Phi) is 12.9. The number of hydrogen-bond donors (Lipinski definition) is 1. The highest BCUT2D eigenvalue weighted by Gasteiger charge is 1.90. The molecule has 106 valence electrons. The van der Waals surface area contributed by atoms with E-state index in [-0.39, 0.29) is 5.57 Å². The Morgan fingerprint density at radius 3 is 1.84 bits per heavy atom. The highest BCUT2D eigenvalue weighted by molar-refractivity contribution is 5.84. The van der Waals surface area contributed by atoms with Crippen molar-refractivity contribution in [1.29, 1.82) is 0 Å². The van der Waals surface area contributed by atoms with Crippen LogP contribution in [0.15, 0.2) is 49.1 Å². The Balaban J connectivity index is 0. The zero-order valence-electron chi connectivity index (χ0n) is 12.4. The Morgan fingerprint density at radius 2 is 1.68 bits per heavy atom. The van der Waals surface area contributed by atoms with Crippen LogP contribution in [0.2, 0.25) is 0 Å². The van der Waals surface area contributed by atoms with E-state index in [1.54, 1.807) is 0 Å². The van der Waals surface area contributed by atoms with E-state index in [1.807, 2.05) is 36.4 Å². The summed E-state index contributed by atoms with van der Waals surface area (Å²) < 4.78 is 0. The molecule has 0 unspecified atom stereocenters. The average Bonchev–Trinajstić information content (AvgIpc) is 2.40. The number of nitrogens with zero attached hydrogens (tertiary/aromatic N) is 1. The van der Waals surface area contributed by atoms with Gasteiger partial charge in [0.1, 0.15) is 0 Å². The number of hydrogen-bond acceptors (Lipinski definition) is 2. The second-order valence-electron chi connectivity index (χ2n) is 4.10. The van der Waals surface area contributed by atoms with Crippen molar-refractivity contribution in [3.63, 3.8) is 0 Å². The minimum atomic E-state index is -0.935. The van der Waals surface area contributed by atoms with Gasteiger partial charge in [-0.25, -0.2) is 4.79 Å². The molecule has 19 heavy (non-hydrogen) atoms. The van der Waals surface area contributed by atoms with Crippen molar-refractivity contribution >= 4 is 12.0 Å². The van der Waals surface area contributed by atoms with Crippen molar-refractivity contribution in [2.24, 2.45) is 0 Å². The molecule has 0 aliphatic carbocycles. The second kappa shape index (κ2) is 12.6. The third kappa shape index (κ3) is 16.1. The molecule has 0 aromatic heterocycles. The van der Waals surface area contributed by atoms with Gasteiger partial charge in [0.05, 0.1) is 0 Å². The lowest BCUT2D eigenvalue weighted by molar-refractivity contribution is -0.132. The minimum Gasteiger partial charge on any atom is -0.478 e. The first kappa shape index (κ1) is 19.5. The first-order valence-electron chi connectivity index (χ1n) is 6.06. The summed E-state index contributed by atoms with van der Waals surface area (Å²) in [4.78, 5) is 11.7. The summed E-state index contributed by atoms with van der Waals surface area (Å²) >= 11 is 0. The molecule has 0 atom stereocenters. The van der Waals surface area contributed by atoms with Crippen LogP contribution in [0, 0.1) is 0 Å². The Labute approximate surface area is 116 Å². The molecular formula is C16H25NO2. The molecule has 1 rings (SSSR count). The van der Waals surface area contributed by atoms with Gasteiger partial charge in [0.25, 0.3) is 0 Å². The first-order valence-corrected chi connectivity index (χ1v) is 6.06. The van der Waals surface area contributed by atoms with Crippen LogP contribution in [0.4, 0.5) is 0 Å². The lowest BCUT2D eigenvalue weighted by atomic mass is 10.2. The predicted octanol–water partition coefficient (Wildman–Crippen LogP) is 3.54. The average molecular weight is 263 g/mol. The van der Waals surface area contributed by atoms with E-state index in [0.717, 1.165) is 6.54 Å². The van der Waals surface area contributed by atoms with E-state index in [0.29, 0.717) is 0 Å². The lowest BCUT2D eigenvalue weighted by Crippen LogP contribution is -2.08. The fraction of sp³-hybridized carbons (Fsp3) is 0.312. The third-order valence-electron chi connectivity index (χ3n) is 2.03. The van der Waals surface area contributed by atoms with Gasteiger partial charge in [0.15, 0.2) is 0 Å². The Bertz CT molecular complexity index is 358. The SMILES string of the molecule is C=C(C)C(=O)O.C=Cc1ccccc1.CCN(C)C. The fourth-order valence-corrected chi connectivity index (χ4v) is 0.589. The van der Waals surface area contributed by atoms with Crippen LogP contribution in [0.5, 0.6) is 0 Å². The van der Waals surface area contributed by atoms with E-state index >= 15 is 0 Å². The van der Waals surface area contributed by atoms with Crippen LogP contribution in [0.1, 0.15) is 19.4 Å². The summed E-state index contributed by atoms with van der Waals surface area (Å²) in [5, 5.41) is 7.89. The molecule has 0 heterocycles. The molecule has 1 aromatic rings. The number of carboxylic acid groups (broad SMARTS) is 1. The largest absolute Gasteiger partial charge is 0.478 e. The molecule has 0 radical (unpaired) electrons. The minimum absolute atomic E-state index is 0.176. The summed E-state index contributed by atoms with van der Waals surface area (Å²) in [6.45, 7) is 11.5. The van der Waals surface area contributed by atoms with E-state index in [1.165, 1.54) is 12.5 Å². The van der Waals surface area contributed by atoms with Gasteiger partial charge < -0.3 is 10.0 Å². The van der Waals surface area contributed by atoms with Crippen LogP contribution < -0.4 is 0 Å². The molecule has 1 aromatic carbocycles. The maximum atomic E-state index is 9.60. The monoisotopic (exact) mass is 263 g/mol. The molecule has 0 bridgehead atoms. The molecule has 0 fully saturated rings. The highest BCUT2D eigenvalue weighted by Crippen LogP contribution is 1.97. The van der Waals surface area contributed by atoms with Gasteiger partial charge in [0.2, 0.25) is 0 Å². The maximum Gasteiger partial charge on any atom is 0.330 e. The summed E-state index contributed by atoms with van der Waals surface area (Å²) in [6.07, 6.45) is 1.83. The predicted molar refractivity (Wildman–Crippen MR) is 83.2 cm³/mol. The van der Waals surface area contributed by atoms with Crippen LogP contribution >= 0.6 is 0 Å². The Hall–Kier alpha value is -1.87. The third-order valence-corrected chi connectivity index (χ3v) is 2.03. The number of aliphatic carboxylic acids is 1. The van der Waals surface area contributed by atoms with Crippen LogP contribution in [-0.4, -0.2) is 36.6 Å². The topological polar surface area (TPSA) is 40.5 Å². The van der Waals surface area contributed by atoms with E-state index in [9.17, 15) is 4.79 Å². The summed E-state index contributed by atoms with van der Waals surface area (Å²) in [5.41, 5.74) is 1.35. The van der Waals surface area contributed by atoms with Crippen LogP contribution in [-0.2, 0) is 4.79 Å². The van der Waals surface area contributed by atoms with Crippen molar-refractivity contribution in [1.82, 2.24) is 4.90 Å². The number of carboxylic acids is 1. The molecule has 3 nitrogen and oxygen atoms in total. The van der Waals surface area contributed by atoms with Gasteiger partial charge >= 0.3 is 5.97 Å². The fourth-order valence-electron chi connectivity index (χ4n) is 0.589. The van der Waals surface area contributed by atoms with Gasteiger partial charge in [-0.15, -0.1) is 0 Å². The molecule has 0 aliphatic heterocycles. The van der Waals surface area contributed by atoms with Gasteiger partial charge in [0, 0.05) is 5.57 Å². The highest BCUT2D eigenvalue weighted by atomic mass is 16.4. The van der Waals surface area contributed by atoms with Crippen LogP contribution in [0.25, 0.3) is 6.08 Å². The molecule has 0 saturated heterocycles. The van der Waals surface area contributed by atoms with Gasteiger partial charge in [-0.2, -0.15) is 0 Å². The Morgan fingerprint density at radius 1 is 1.32 bits per heavy atom. The van der Waals surface area contributed by atoms with E-state index < -0.39 is 5.97 Å². The molecule has 0 saturated carbocycles. The number of rotatable bonds is 3. The van der Waals surface area contributed by atoms with Gasteiger partial charge in [-0.05, 0) is 33.1 Å². The lowest BCUT2D eigenvalue weighted by Gasteiger charge is -2.00. The van der Waals surface area contributed by atoms with Crippen molar-refractivity contribution < 1.29 is 9.90 Å². The maximum absolute atomic E-state index is 9.60. The van der Waals surface area contributed by atoms with Gasteiger partial charge in [-0.1, -0.05) is 56.5 Å². The quantitative estimate of drug-likeness (QED) is 0.848. The van der Waals surface area contributed by atoms with Crippen molar-refractivity contribution in [2.75, 3.05) is 20.6 Å². The smallest absolute Gasteiger partial charge is 0.330 e. The van der Waals surface area contributed by atoms with Crippen molar-refractivity contribution in [2.45, 2.75) is 13.8 Å². The summed E-state index contributed by atoms with van der Waals surface area (Å²) in [5.74, 6) is -0.935. The van der Waals surface area contributed by atoms with E-state index in [4.69, 9.17) is 5.11 Å². The molecule has 0 aliphatic rings. The number of carbonyl (C=O) groups is 1. The van der Waals surface area contributed by atoms with Gasteiger partial charge in [-0.3, -0.25) is 0 Å². The second-order valence-corrected chi connectivity index (χ2v) is 4.10. The van der Waals surface area contributed by atoms with E-state index in [2.05, 4.69) is 39.1 Å². The van der Waals surface area contributed by atoms with Crippen molar-refractivity contribution in [3.05, 3.63) is 54.6 Å². The normalized spacial score (nSPS) is 8.47. The molecular weight excluding hydrogens is 238 g/mol. The van der Waals surface area contributed by atoms with Crippen LogP contribution in [0.3, 0.4) is 0 Å². The summed E-state index contributed by atoms with van der Waals surface area (Å²) in [7, 11) is 4.11. The molecule has 0 spiro atoms. The van der Waals surface area contributed by atoms with Crippen molar-refractivity contribution in [3.8, 4) is 0 Å². The number of benzene rings is 1. The standard InChI is InChI=1S/C8H8.C4H11N.C4H6O2/c1-2-8-6-4-3-5-7-8;1-4-5(2)3;1-3(2)4(5)6/h2-7H,1H2;4H2,1-3H3;1H2,2H3,(H,5,6). The molecule has 3 heteroatoms. The first-order chi connectivity index (χ1) is 8.84. The molecule has 0 amide bonds. The summed E-state index contributed by atoms with van der Waals surface area (Å²) in [6, 6.07) is 10.0. The zero-order chi connectivity index (χ0) is 15.3.